The number of carbonyl (C=O) groups excluding carboxylic acids is 3. The molecule has 3 N–H and O–H groups in total. The summed E-state index contributed by atoms with van der Waals surface area (Å²) in [7, 11) is 3.23. The van der Waals surface area contributed by atoms with Crippen molar-refractivity contribution in [3.63, 3.8) is 0 Å². The number of carbonyl (C=O) groups is 3. The number of benzene rings is 1. The van der Waals surface area contributed by atoms with Crippen molar-refractivity contribution in [2.24, 2.45) is 0 Å². The molecule has 1 aliphatic heterocycles. The standard InChI is InChI=1S/C27H43N5O8/c1-19(25(33)31-18-10-13-23(31)27(35)39-20(2)40-32(36)37)29-24(14-8-9-17-28-3)30-22(26(34)38-4)16-15-21-11-6-5-7-12-21/h5-7,11-12,19-20,22-24,28-30H,8-10,13-18H2,1-4H3/t19-,20?,22-,23-,24-/m0/s1. The van der Waals surface area contributed by atoms with Crippen LogP contribution in [0.3, 0.4) is 0 Å². The second-order valence-electron chi connectivity index (χ2n) is 9.83. The molecule has 1 aromatic rings. The number of amides is 1. The molecule has 0 saturated carbocycles. The van der Waals surface area contributed by atoms with E-state index in [9.17, 15) is 24.5 Å². The number of hydrogen-bond acceptors (Lipinski definition) is 11. The molecule has 40 heavy (non-hydrogen) atoms. The van der Waals surface area contributed by atoms with Crippen LogP contribution in [-0.4, -0.2) is 85.7 Å². The molecule has 0 spiro atoms. The molecule has 0 bridgehead atoms. The summed E-state index contributed by atoms with van der Waals surface area (Å²) in [6.07, 6.45) is 2.81. The zero-order valence-corrected chi connectivity index (χ0v) is 23.8. The fraction of sp³-hybridized carbons (Fsp3) is 0.667. The second kappa shape index (κ2) is 17.4. The van der Waals surface area contributed by atoms with Crippen molar-refractivity contribution in [3.05, 3.63) is 46.0 Å². The first-order chi connectivity index (χ1) is 19.2. The summed E-state index contributed by atoms with van der Waals surface area (Å²) in [5, 5.41) is 19.3. The quantitative estimate of drug-likeness (QED) is 0.0778. The zero-order chi connectivity index (χ0) is 29.5. The predicted octanol–water partition coefficient (Wildman–Crippen LogP) is 1.53. The Morgan fingerprint density at radius 3 is 2.50 bits per heavy atom. The van der Waals surface area contributed by atoms with Crippen LogP contribution in [0, 0.1) is 10.1 Å². The van der Waals surface area contributed by atoms with E-state index in [0.29, 0.717) is 38.6 Å². The lowest BCUT2D eigenvalue weighted by atomic mass is 10.0. The van der Waals surface area contributed by atoms with E-state index in [0.717, 1.165) is 24.9 Å². The Kier molecular flexibility index (Phi) is 14.3. The van der Waals surface area contributed by atoms with E-state index in [4.69, 9.17) is 9.47 Å². The smallest absolute Gasteiger partial charge is 0.330 e. The average Bonchev–Trinajstić information content (AvgIpc) is 3.42. The number of ether oxygens (including phenoxy) is 2. The molecule has 1 aromatic carbocycles. The first kappa shape index (κ1) is 32.9. The normalized spacial score (nSPS) is 17.9. The van der Waals surface area contributed by atoms with Crippen LogP contribution in [0.25, 0.3) is 0 Å². The van der Waals surface area contributed by atoms with Crippen LogP contribution in [0.1, 0.15) is 57.9 Å². The van der Waals surface area contributed by atoms with Gasteiger partial charge in [0, 0.05) is 6.54 Å². The van der Waals surface area contributed by atoms with Crippen molar-refractivity contribution in [2.75, 3.05) is 27.2 Å². The van der Waals surface area contributed by atoms with E-state index in [-0.39, 0.29) is 18.0 Å². The molecule has 13 nitrogen and oxygen atoms in total. The zero-order valence-electron chi connectivity index (χ0n) is 23.8. The van der Waals surface area contributed by atoms with Gasteiger partial charge in [0.05, 0.1) is 19.3 Å². The molecule has 2 rings (SSSR count). The van der Waals surface area contributed by atoms with Gasteiger partial charge in [-0.25, -0.2) is 4.79 Å². The first-order valence-electron chi connectivity index (χ1n) is 13.8. The van der Waals surface area contributed by atoms with Gasteiger partial charge >= 0.3 is 11.9 Å². The Bertz CT molecular complexity index is 950. The molecule has 1 amide bonds. The minimum atomic E-state index is -1.38. The van der Waals surface area contributed by atoms with Crippen LogP contribution >= 0.6 is 0 Å². The molecule has 1 heterocycles. The lowest BCUT2D eigenvalue weighted by Gasteiger charge is -2.31. The molecular formula is C27H43N5O8. The van der Waals surface area contributed by atoms with Gasteiger partial charge < -0.3 is 19.7 Å². The fourth-order valence-corrected chi connectivity index (χ4v) is 4.76. The molecule has 1 fully saturated rings. The van der Waals surface area contributed by atoms with Crippen LogP contribution in [0.15, 0.2) is 30.3 Å². The summed E-state index contributed by atoms with van der Waals surface area (Å²) in [6.45, 7) is 4.15. The molecule has 0 aromatic heterocycles. The molecule has 13 heteroatoms. The van der Waals surface area contributed by atoms with E-state index < -0.39 is 35.5 Å². The maximum Gasteiger partial charge on any atom is 0.330 e. The summed E-state index contributed by atoms with van der Waals surface area (Å²) in [4.78, 5) is 54.9. The number of unbranched alkanes of at least 4 members (excludes halogenated alkanes) is 1. The summed E-state index contributed by atoms with van der Waals surface area (Å²) < 4.78 is 10.1. The van der Waals surface area contributed by atoms with E-state index >= 15 is 0 Å². The van der Waals surface area contributed by atoms with Crippen molar-refractivity contribution >= 4 is 17.8 Å². The van der Waals surface area contributed by atoms with Crippen LogP contribution in [0.2, 0.25) is 0 Å². The number of likely N-dealkylation sites (tertiary alicyclic amines) is 1. The number of nitrogens with one attached hydrogen (secondary N) is 3. The maximum atomic E-state index is 13.4. The third kappa shape index (κ3) is 11.1. The minimum absolute atomic E-state index is 0.303. The molecule has 224 valence electrons. The number of methoxy groups -OCH3 is 1. The largest absolute Gasteiger partial charge is 0.468 e. The molecular weight excluding hydrogens is 522 g/mol. The third-order valence-electron chi connectivity index (χ3n) is 6.77. The Balaban J connectivity index is 2.07. The number of esters is 2. The Hall–Kier alpha value is -3.29. The SMILES string of the molecule is CNCCCC[C@@H](N[C@@H](C)C(=O)N1CCC[C@H]1C(=O)OC(C)O[N+](=O)[O-])N[C@@H](CCc1ccccc1)C(=O)OC. The summed E-state index contributed by atoms with van der Waals surface area (Å²) >= 11 is 0. The first-order valence-corrected chi connectivity index (χ1v) is 13.8. The molecule has 1 aliphatic rings. The topological polar surface area (TPSA) is 161 Å². The third-order valence-corrected chi connectivity index (χ3v) is 6.77. The van der Waals surface area contributed by atoms with Gasteiger partial charge in [-0.3, -0.25) is 25.1 Å². The van der Waals surface area contributed by atoms with Crippen LogP contribution < -0.4 is 16.0 Å². The summed E-state index contributed by atoms with van der Waals surface area (Å²) in [5.74, 6) is -1.44. The number of aryl methyl sites for hydroxylation is 1. The van der Waals surface area contributed by atoms with Crippen molar-refractivity contribution in [3.8, 4) is 0 Å². The van der Waals surface area contributed by atoms with Gasteiger partial charge in [-0.15, -0.1) is 10.1 Å². The van der Waals surface area contributed by atoms with Gasteiger partial charge in [0.2, 0.25) is 12.2 Å². The average molecular weight is 566 g/mol. The monoisotopic (exact) mass is 565 g/mol. The van der Waals surface area contributed by atoms with E-state index in [1.807, 2.05) is 37.4 Å². The van der Waals surface area contributed by atoms with Gasteiger partial charge in [-0.1, -0.05) is 30.3 Å². The molecule has 5 atom stereocenters. The van der Waals surface area contributed by atoms with Crippen molar-refractivity contribution < 1.29 is 33.8 Å². The number of rotatable bonds is 18. The molecule has 1 saturated heterocycles. The van der Waals surface area contributed by atoms with Gasteiger partial charge in [-0.2, -0.15) is 0 Å². The fourth-order valence-electron chi connectivity index (χ4n) is 4.76. The number of nitrogens with zero attached hydrogens (tertiary/aromatic N) is 2. The van der Waals surface area contributed by atoms with Crippen LogP contribution in [0.5, 0.6) is 0 Å². The highest BCUT2D eigenvalue weighted by molar-refractivity contribution is 5.88. The van der Waals surface area contributed by atoms with Crippen LogP contribution in [0.4, 0.5) is 0 Å². The lowest BCUT2D eigenvalue weighted by molar-refractivity contribution is -0.777. The Labute approximate surface area is 235 Å². The highest BCUT2D eigenvalue weighted by Gasteiger charge is 2.38. The van der Waals surface area contributed by atoms with Gasteiger partial charge in [-0.05, 0) is 77.9 Å². The van der Waals surface area contributed by atoms with Gasteiger partial charge in [0.25, 0.3) is 5.09 Å². The van der Waals surface area contributed by atoms with Crippen molar-refractivity contribution in [2.45, 2.75) is 89.4 Å². The van der Waals surface area contributed by atoms with Gasteiger partial charge in [0.1, 0.15) is 12.1 Å². The highest BCUT2D eigenvalue weighted by atomic mass is 17.0. The van der Waals surface area contributed by atoms with E-state index in [1.54, 1.807) is 6.92 Å². The lowest BCUT2D eigenvalue weighted by Crippen LogP contribution is -2.57. The second-order valence-corrected chi connectivity index (χ2v) is 9.83. The summed E-state index contributed by atoms with van der Waals surface area (Å²) in [5.41, 5.74) is 1.10. The number of hydrogen-bond donors (Lipinski definition) is 3. The highest BCUT2D eigenvalue weighted by Crippen LogP contribution is 2.21. The van der Waals surface area contributed by atoms with Crippen molar-refractivity contribution in [1.29, 1.82) is 0 Å². The van der Waals surface area contributed by atoms with Gasteiger partial charge in [0.15, 0.2) is 0 Å². The molecule has 0 aliphatic carbocycles. The molecule has 1 unspecified atom stereocenters. The Morgan fingerprint density at radius 2 is 1.85 bits per heavy atom. The van der Waals surface area contributed by atoms with Crippen molar-refractivity contribution in [1.82, 2.24) is 20.9 Å². The Morgan fingerprint density at radius 1 is 1.12 bits per heavy atom. The van der Waals surface area contributed by atoms with E-state index in [2.05, 4.69) is 20.8 Å². The maximum absolute atomic E-state index is 13.4. The predicted molar refractivity (Wildman–Crippen MR) is 146 cm³/mol. The summed E-state index contributed by atoms with van der Waals surface area (Å²) in [6, 6.07) is 7.72. The molecule has 0 radical (unpaired) electrons. The van der Waals surface area contributed by atoms with E-state index in [1.165, 1.54) is 18.9 Å². The van der Waals surface area contributed by atoms with Crippen LogP contribution in [-0.2, 0) is 35.1 Å². The minimum Gasteiger partial charge on any atom is -0.468 e.